The van der Waals surface area contributed by atoms with E-state index in [1.165, 1.54) is 32.5 Å². The van der Waals surface area contributed by atoms with Crippen LogP contribution < -0.4 is 0 Å². The number of nitrogens with zero attached hydrogens (tertiary/aromatic N) is 2. The number of likely N-dealkylation sites (N-methyl/N-ethyl adjacent to an activating group) is 1. The van der Waals surface area contributed by atoms with Crippen LogP contribution in [0, 0.1) is 0 Å². The van der Waals surface area contributed by atoms with E-state index in [-0.39, 0.29) is 0 Å². The summed E-state index contributed by atoms with van der Waals surface area (Å²) in [4.78, 5) is 5.35. The maximum Gasteiger partial charge on any atom is 0.0227 e. The van der Waals surface area contributed by atoms with Crippen molar-refractivity contribution in [3.8, 4) is 0 Å². The van der Waals surface area contributed by atoms with Gasteiger partial charge in [0, 0.05) is 31.2 Å². The number of hydrogen-bond acceptors (Lipinski definition) is 2. The predicted molar refractivity (Wildman–Crippen MR) is 67.2 cm³/mol. The van der Waals surface area contributed by atoms with Gasteiger partial charge in [0.05, 0.1) is 0 Å². The first-order valence-corrected chi connectivity index (χ1v) is 6.72. The van der Waals surface area contributed by atoms with Crippen LogP contribution in [0.1, 0.15) is 47.5 Å². The van der Waals surface area contributed by atoms with Crippen molar-refractivity contribution in [2.45, 2.75) is 65.6 Å². The first-order valence-electron chi connectivity index (χ1n) is 6.72. The molecular formula is C13H28N2. The third-order valence-corrected chi connectivity index (χ3v) is 3.76. The second-order valence-electron chi connectivity index (χ2n) is 4.76. The molecule has 2 aliphatic heterocycles. The molecule has 2 saturated heterocycles. The van der Waals surface area contributed by atoms with Gasteiger partial charge in [-0.3, -0.25) is 9.80 Å². The summed E-state index contributed by atoms with van der Waals surface area (Å²) < 4.78 is 0. The van der Waals surface area contributed by atoms with E-state index in [9.17, 15) is 0 Å². The van der Waals surface area contributed by atoms with Crippen LogP contribution in [-0.2, 0) is 0 Å². The number of fused-ring (bicyclic) bond motifs is 2. The summed E-state index contributed by atoms with van der Waals surface area (Å²) in [6, 6.07) is 2.47. The van der Waals surface area contributed by atoms with Crippen LogP contribution in [0.15, 0.2) is 0 Å². The molecule has 2 nitrogen and oxygen atoms in total. The number of hydrogen-bond donors (Lipinski definition) is 0. The van der Waals surface area contributed by atoms with Gasteiger partial charge in [0.1, 0.15) is 0 Å². The van der Waals surface area contributed by atoms with Gasteiger partial charge in [0.2, 0.25) is 0 Å². The molecule has 2 fully saturated rings. The Labute approximate surface area is 95.6 Å². The van der Waals surface area contributed by atoms with Crippen molar-refractivity contribution in [2.75, 3.05) is 19.6 Å². The second kappa shape index (κ2) is 5.86. The van der Waals surface area contributed by atoms with E-state index in [0.717, 1.165) is 18.1 Å². The topological polar surface area (TPSA) is 6.48 Å². The Kier molecular flexibility index (Phi) is 5.07. The van der Waals surface area contributed by atoms with Gasteiger partial charge in [-0.2, -0.15) is 0 Å². The average molecular weight is 212 g/mol. The van der Waals surface area contributed by atoms with Crippen molar-refractivity contribution < 1.29 is 0 Å². The van der Waals surface area contributed by atoms with E-state index in [2.05, 4.69) is 30.6 Å². The molecule has 0 radical (unpaired) electrons. The van der Waals surface area contributed by atoms with Crippen LogP contribution in [-0.4, -0.2) is 47.6 Å². The van der Waals surface area contributed by atoms with Crippen molar-refractivity contribution in [3.63, 3.8) is 0 Å². The first kappa shape index (κ1) is 13.0. The molecule has 0 spiro atoms. The standard InChI is InChI=1S/C11H22N2.C2H6/c1-4-13-10-5-6-11(13)8-12(7-10)9(2)3;1-2/h9-11H,4-8H2,1-3H3;1-2H3/t10-,11+;. The SMILES string of the molecule is CC.CCN1[C@@H]2CC[C@H]1CN(C(C)C)C2. The average Bonchev–Trinajstić information content (AvgIpc) is 2.49. The highest BCUT2D eigenvalue weighted by atomic mass is 15.3. The lowest BCUT2D eigenvalue weighted by atomic mass is 10.1. The number of likely N-dealkylation sites (tertiary alicyclic amines) is 1. The third-order valence-electron chi connectivity index (χ3n) is 3.76. The van der Waals surface area contributed by atoms with E-state index in [4.69, 9.17) is 0 Å². The highest BCUT2D eigenvalue weighted by Crippen LogP contribution is 2.30. The summed E-state index contributed by atoms with van der Waals surface area (Å²) in [5, 5.41) is 0. The maximum atomic E-state index is 2.71. The van der Waals surface area contributed by atoms with Crippen molar-refractivity contribution in [2.24, 2.45) is 0 Å². The molecule has 0 aromatic heterocycles. The molecule has 0 aromatic carbocycles. The molecule has 0 aromatic rings. The lowest BCUT2D eigenvalue weighted by Crippen LogP contribution is -2.55. The summed E-state index contributed by atoms with van der Waals surface area (Å²) >= 11 is 0. The molecule has 0 amide bonds. The molecule has 2 heterocycles. The fourth-order valence-electron chi connectivity index (χ4n) is 2.96. The van der Waals surface area contributed by atoms with Gasteiger partial charge in [-0.1, -0.05) is 20.8 Å². The second-order valence-corrected chi connectivity index (χ2v) is 4.76. The summed E-state index contributed by atoms with van der Waals surface area (Å²) in [7, 11) is 0. The minimum absolute atomic E-state index is 0.738. The van der Waals surface area contributed by atoms with E-state index in [0.29, 0.717) is 0 Å². The smallest absolute Gasteiger partial charge is 0.0227 e. The Bertz CT molecular complexity index is 165. The molecule has 0 aliphatic carbocycles. The van der Waals surface area contributed by atoms with Crippen LogP contribution in [0.4, 0.5) is 0 Å². The zero-order chi connectivity index (χ0) is 11.4. The van der Waals surface area contributed by atoms with Gasteiger partial charge in [0.25, 0.3) is 0 Å². The quantitative estimate of drug-likeness (QED) is 0.694. The van der Waals surface area contributed by atoms with Crippen molar-refractivity contribution in [1.82, 2.24) is 9.80 Å². The molecule has 90 valence electrons. The fraction of sp³-hybridized carbons (Fsp3) is 1.00. The highest BCUT2D eigenvalue weighted by molar-refractivity contribution is 4.95. The largest absolute Gasteiger partial charge is 0.298 e. The van der Waals surface area contributed by atoms with Gasteiger partial charge in [-0.15, -0.1) is 0 Å². The Morgan fingerprint density at radius 3 is 1.87 bits per heavy atom. The number of rotatable bonds is 2. The van der Waals surface area contributed by atoms with Gasteiger partial charge >= 0.3 is 0 Å². The summed E-state index contributed by atoms with van der Waals surface area (Å²) in [5.41, 5.74) is 0. The van der Waals surface area contributed by atoms with Gasteiger partial charge in [-0.25, -0.2) is 0 Å². The Balaban J connectivity index is 0.000000531. The maximum absolute atomic E-state index is 2.71. The predicted octanol–water partition coefficient (Wildman–Crippen LogP) is 2.59. The van der Waals surface area contributed by atoms with Crippen LogP contribution in [0.25, 0.3) is 0 Å². The van der Waals surface area contributed by atoms with Gasteiger partial charge in [-0.05, 0) is 33.2 Å². The molecule has 0 saturated carbocycles. The summed E-state index contributed by atoms with van der Waals surface area (Å²) in [5.74, 6) is 0. The molecule has 2 aliphatic rings. The Hall–Kier alpha value is -0.0800. The van der Waals surface area contributed by atoms with Crippen LogP contribution in [0.2, 0.25) is 0 Å². The molecule has 2 atom stereocenters. The van der Waals surface area contributed by atoms with Crippen LogP contribution >= 0.6 is 0 Å². The molecule has 0 unspecified atom stereocenters. The normalized spacial score (nSPS) is 31.6. The van der Waals surface area contributed by atoms with Crippen molar-refractivity contribution >= 4 is 0 Å². The first-order chi connectivity index (χ1) is 7.22. The van der Waals surface area contributed by atoms with E-state index in [1.54, 1.807) is 0 Å². The van der Waals surface area contributed by atoms with Crippen LogP contribution in [0.3, 0.4) is 0 Å². The minimum atomic E-state index is 0.738. The monoisotopic (exact) mass is 212 g/mol. The van der Waals surface area contributed by atoms with E-state index >= 15 is 0 Å². The molecule has 0 N–H and O–H groups in total. The van der Waals surface area contributed by atoms with Crippen LogP contribution in [0.5, 0.6) is 0 Å². The molecule has 15 heavy (non-hydrogen) atoms. The lowest BCUT2D eigenvalue weighted by Gasteiger charge is -2.42. The molecule has 2 heteroatoms. The number of piperazine rings is 1. The molecule has 2 bridgehead atoms. The summed E-state index contributed by atoms with van der Waals surface area (Å²) in [6.07, 6.45) is 2.86. The zero-order valence-corrected chi connectivity index (χ0v) is 11.2. The van der Waals surface area contributed by atoms with Gasteiger partial charge < -0.3 is 0 Å². The van der Waals surface area contributed by atoms with Gasteiger partial charge in [0.15, 0.2) is 0 Å². The fourth-order valence-corrected chi connectivity index (χ4v) is 2.96. The third kappa shape index (κ3) is 2.73. The van der Waals surface area contributed by atoms with Crippen molar-refractivity contribution in [1.29, 1.82) is 0 Å². The zero-order valence-electron chi connectivity index (χ0n) is 11.2. The van der Waals surface area contributed by atoms with E-state index < -0.39 is 0 Å². The minimum Gasteiger partial charge on any atom is -0.298 e. The molecule has 2 rings (SSSR count). The lowest BCUT2D eigenvalue weighted by molar-refractivity contribution is 0.0534. The van der Waals surface area contributed by atoms with E-state index in [1.807, 2.05) is 13.8 Å². The highest BCUT2D eigenvalue weighted by Gasteiger charge is 2.39. The molecular weight excluding hydrogens is 184 g/mol. The summed E-state index contributed by atoms with van der Waals surface area (Å²) in [6.45, 7) is 14.8. The Morgan fingerprint density at radius 2 is 1.53 bits per heavy atom. The Morgan fingerprint density at radius 1 is 1.07 bits per heavy atom. The van der Waals surface area contributed by atoms with Crippen molar-refractivity contribution in [3.05, 3.63) is 0 Å².